The molecule has 98 valence electrons. The van der Waals surface area contributed by atoms with E-state index < -0.39 is 29.2 Å². The van der Waals surface area contributed by atoms with E-state index in [0.29, 0.717) is 19.0 Å². The lowest BCUT2D eigenvalue weighted by molar-refractivity contribution is 0.0692. The Balaban J connectivity index is 2.92. The normalized spacial score (nSPS) is 9.94. The fourth-order valence-electron chi connectivity index (χ4n) is 1.21. The molecule has 1 aromatic rings. The fourth-order valence-corrected chi connectivity index (χ4v) is 1.21. The first-order valence-corrected chi connectivity index (χ1v) is 5.23. The van der Waals surface area contributed by atoms with Crippen LogP contribution in [-0.2, 0) is 0 Å². The number of urea groups is 1. The van der Waals surface area contributed by atoms with Crippen molar-refractivity contribution in [3.05, 3.63) is 29.3 Å². The first kappa shape index (κ1) is 13.9. The molecule has 0 aromatic heterocycles. The number of carboxylic acids is 1. The summed E-state index contributed by atoms with van der Waals surface area (Å²) >= 11 is 0. The van der Waals surface area contributed by atoms with E-state index in [0.717, 1.165) is 6.07 Å². The molecule has 1 aromatic carbocycles. The number of hydrogen-bond acceptors (Lipinski definition) is 2. The van der Waals surface area contributed by atoms with Gasteiger partial charge in [0.2, 0.25) is 0 Å². The Morgan fingerprint density at radius 1 is 1.28 bits per heavy atom. The number of amides is 2. The number of benzene rings is 1. The summed E-state index contributed by atoms with van der Waals surface area (Å²) in [5, 5.41) is 13.2. The molecule has 0 aliphatic heterocycles. The van der Waals surface area contributed by atoms with Crippen molar-refractivity contribution in [2.75, 3.05) is 11.9 Å². The average molecular weight is 258 g/mol. The van der Waals surface area contributed by atoms with Crippen molar-refractivity contribution >= 4 is 17.7 Å². The molecule has 5 nitrogen and oxygen atoms in total. The predicted molar refractivity (Wildman–Crippen MR) is 60.6 cm³/mol. The van der Waals surface area contributed by atoms with Gasteiger partial charge in [-0.15, -0.1) is 0 Å². The van der Waals surface area contributed by atoms with Crippen molar-refractivity contribution in [3.63, 3.8) is 0 Å². The summed E-state index contributed by atoms with van der Waals surface area (Å²) in [6.07, 6.45) is 0.694. The van der Waals surface area contributed by atoms with Crippen molar-refractivity contribution in [3.8, 4) is 0 Å². The molecule has 0 saturated heterocycles. The van der Waals surface area contributed by atoms with Crippen LogP contribution in [0, 0.1) is 11.6 Å². The van der Waals surface area contributed by atoms with E-state index in [9.17, 15) is 18.4 Å². The van der Waals surface area contributed by atoms with Gasteiger partial charge in [0, 0.05) is 12.6 Å². The van der Waals surface area contributed by atoms with Crippen molar-refractivity contribution in [1.29, 1.82) is 0 Å². The van der Waals surface area contributed by atoms with Gasteiger partial charge in [-0.3, -0.25) is 0 Å². The lowest BCUT2D eigenvalue weighted by Crippen LogP contribution is -2.29. The second kappa shape index (κ2) is 5.95. The molecule has 3 N–H and O–H groups in total. The van der Waals surface area contributed by atoms with Crippen LogP contribution in [0.15, 0.2) is 12.1 Å². The lowest BCUT2D eigenvalue weighted by Gasteiger charge is -2.09. The van der Waals surface area contributed by atoms with E-state index in [1.807, 2.05) is 6.92 Å². The molecule has 0 radical (unpaired) electrons. The highest BCUT2D eigenvalue weighted by atomic mass is 19.1. The zero-order valence-electron chi connectivity index (χ0n) is 9.59. The average Bonchev–Trinajstić information content (AvgIpc) is 2.29. The number of rotatable bonds is 4. The maximum atomic E-state index is 13.3. The monoisotopic (exact) mass is 258 g/mol. The third-order valence-electron chi connectivity index (χ3n) is 2.07. The maximum absolute atomic E-state index is 13.3. The summed E-state index contributed by atoms with van der Waals surface area (Å²) in [5.41, 5.74) is -1.09. The first-order valence-electron chi connectivity index (χ1n) is 5.23. The van der Waals surface area contributed by atoms with Crippen LogP contribution in [0.1, 0.15) is 23.7 Å². The Bertz CT molecular complexity index is 478. The quantitative estimate of drug-likeness (QED) is 0.774. The molecule has 18 heavy (non-hydrogen) atoms. The van der Waals surface area contributed by atoms with Crippen molar-refractivity contribution in [1.82, 2.24) is 5.32 Å². The summed E-state index contributed by atoms with van der Waals surface area (Å²) in [4.78, 5) is 21.9. The van der Waals surface area contributed by atoms with Gasteiger partial charge in [0.25, 0.3) is 0 Å². The van der Waals surface area contributed by atoms with Gasteiger partial charge < -0.3 is 15.7 Å². The molecule has 0 atom stereocenters. The molecular formula is C11H12F2N2O3. The van der Waals surface area contributed by atoms with E-state index in [4.69, 9.17) is 5.11 Å². The Morgan fingerprint density at radius 2 is 1.94 bits per heavy atom. The molecule has 0 unspecified atom stereocenters. The van der Waals surface area contributed by atoms with Crippen LogP contribution in [0.25, 0.3) is 0 Å². The summed E-state index contributed by atoms with van der Waals surface area (Å²) < 4.78 is 26.4. The number of carbonyl (C=O) groups is 2. The first-order chi connectivity index (χ1) is 8.45. The minimum Gasteiger partial charge on any atom is -0.478 e. The molecule has 1 rings (SSSR count). The summed E-state index contributed by atoms with van der Waals surface area (Å²) in [6.45, 7) is 2.22. The molecular weight excluding hydrogens is 246 g/mol. The van der Waals surface area contributed by atoms with E-state index in [1.54, 1.807) is 0 Å². The second-order valence-corrected chi connectivity index (χ2v) is 3.50. The largest absolute Gasteiger partial charge is 0.478 e. The van der Waals surface area contributed by atoms with Crippen LogP contribution in [0.5, 0.6) is 0 Å². The highest BCUT2D eigenvalue weighted by Crippen LogP contribution is 2.19. The number of aromatic carboxylic acids is 1. The van der Waals surface area contributed by atoms with Gasteiger partial charge in [-0.2, -0.15) is 0 Å². The number of carboxylic acid groups (broad SMARTS) is 1. The Morgan fingerprint density at radius 3 is 2.50 bits per heavy atom. The fraction of sp³-hybridized carbons (Fsp3) is 0.273. The number of halogens is 2. The van der Waals surface area contributed by atoms with Gasteiger partial charge in [-0.1, -0.05) is 6.92 Å². The van der Waals surface area contributed by atoms with Crippen molar-refractivity contribution in [2.45, 2.75) is 13.3 Å². The number of anilines is 1. The van der Waals surface area contributed by atoms with Gasteiger partial charge in [0.15, 0.2) is 0 Å². The molecule has 7 heteroatoms. The van der Waals surface area contributed by atoms with E-state index in [-0.39, 0.29) is 5.69 Å². The van der Waals surface area contributed by atoms with Crippen LogP contribution in [0.2, 0.25) is 0 Å². The van der Waals surface area contributed by atoms with Gasteiger partial charge in [-0.25, -0.2) is 18.4 Å². The molecule has 0 saturated carbocycles. The smallest absolute Gasteiger partial charge is 0.338 e. The molecule has 0 aliphatic rings. The Labute approximate surface area is 102 Å². The highest BCUT2D eigenvalue weighted by Gasteiger charge is 2.16. The Kier molecular flexibility index (Phi) is 4.59. The molecule has 2 amide bonds. The van der Waals surface area contributed by atoms with Crippen LogP contribution in [-0.4, -0.2) is 23.7 Å². The third-order valence-corrected chi connectivity index (χ3v) is 2.07. The van der Waals surface area contributed by atoms with Crippen molar-refractivity contribution in [2.24, 2.45) is 0 Å². The molecule has 0 heterocycles. The molecule has 0 aliphatic carbocycles. The number of hydrogen-bond donors (Lipinski definition) is 3. The second-order valence-electron chi connectivity index (χ2n) is 3.50. The number of nitrogens with one attached hydrogen (secondary N) is 2. The standard InChI is InChI=1S/C11H12F2N2O3/c1-2-3-14-11(18)15-9-4-6(10(16)17)7(12)5-8(9)13/h4-5H,2-3H2,1H3,(H,16,17)(H2,14,15,18). The predicted octanol–water partition coefficient (Wildman–Crippen LogP) is 2.19. The lowest BCUT2D eigenvalue weighted by atomic mass is 10.2. The van der Waals surface area contributed by atoms with E-state index in [1.165, 1.54) is 0 Å². The SMILES string of the molecule is CCCNC(=O)Nc1cc(C(=O)O)c(F)cc1F. The van der Waals surface area contributed by atoms with E-state index in [2.05, 4.69) is 10.6 Å². The minimum atomic E-state index is -1.54. The zero-order valence-corrected chi connectivity index (χ0v) is 9.59. The minimum absolute atomic E-state index is 0.387. The molecule has 0 spiro atoms. The zero-order chi connectivity index (χ0) is 13.7. The van der Waals surface area contributed by atoms with Gasteiger partial charge in [0.05, 0.1) is 11.3 Å². The summed E-state index contributed by atoms with van der Waals surface area (Å²) in [7, 11) is 0. The molecule has 0 fully saturated rings. The topological polar surface area (TPSA) is 78.4 Å². The Hall–Kier alpha value is -2.18. The summed E-state index contributed by atoms with van der Waals surface area (Å²) in [6, 6.07) is 0.468. The van der Waals surface area contributed by atoms with Crippen molar-refractivity contribution < 1.29 is 23.5 Å². The van der Waals surface area contributed by atoms with Gasteiger partial charge in [0.1, 0.15) is 11.6 Å². The van der Waals surface area contributed by atoms with E-state index >= 15 is 0 Å². The highest BCUT2D eigenvalue weighted by molar-refractivity contribution is 5.93. The third kappa shape index (κ3) is 3.41. The number of carbonyl (C=O) groups excluding carboxylic acids is 1. The summed E-state index contributed by atoms with van der Waals surface area (Å²) in [5.74, 6) is -3.77. The molecule has 0 bridgehead atoms. The van der Waals surface area contributed by atoms with Gasteiger partial charge >= 0.3 is 12.0 Å². The van der Waals surface area contributed by atoms with Crippen LogP contribution < -0.4 is 10.6 Å². The van der Waals surface area contributed by atoms with Crippen LogP contribution >= 0.6 is 0 Å². The van der Waals surface area contributed by atoms with Crippen LogP contribution in [0.3, 0.4) is 0 Å². The van der Waals surface area contributed by atoms with Gasteiger partial charge in [-0.05, 0) is 12.5 Å². The maximum Gasteiger partial charge on any atom is 0.338 e. The van der Waals surface area contributed by atoms with Crippen LogP contribution in [0.4, 0.5) is 19.3 Å².